The number of rotatable bonds is 2. The van der Waals surface area contributed by atoms with Gasteiger partial charge in [-0.2, -0.15) is 0 Å². The van der Waals surface area contributed by atoms with Crippen LogP contribution in [0.5, 0.6) is 0 Å². The Hall–Kier alpha value is -1.09. The van der Waals surface area contributed by atoms with Crippen LogP contribution in [0.15, 0.2) is 11.9 Å². The average Bonchev–Trinajstić information content (AvgIpc) is 2.18. The van der Waals surface area contributed by atoms with Gasteiger partial charge in [0, 0.05) is 0 Å². The van der Waals surface area contributed by atoms with Gasteiger partial charge < -0.3 is 0 Å². The van der Waals surface area contributed by atoms with Crippen molar-refractivity contribution in [2.24, 2.45) is 0 Å². The van der Waals surface area contributed by atoms with E-state index in [1.807, 2.05) is 6.66 Å². The number of hydrogen-bond donors (Lipinski definition) is 2. The maximum absolute atomic E-state index is 11.5. The molecular formula is C12H22NO4P. The first kappa shape index (κ1) is 15.0. The summed E-state index contributed by atoms with van der Waals surface area (Å²) >= 11 is 0. The normalized spacial score (nSPS) is 24.1. The van der Waals surface area contributed by atoms with E-state index in [4.69, 9.17) is 9.84 Å². The summed E-state index contributed by atoms with van der Waals surface area (Å²) in [5.74, 6) is 1.78. The van der Waals surface area contributed by atoms with Crippen molar-refractivity contribution in [2.45, 2.75) is 38.8 Å². The van der Waals surface area contributed by atoms with Crippen molar-refractivity contribution in [1.82, 2.24) is 5.32 Å². The molecule has 1 amide bonds. The van der Waals surface area contributed by atoms with Crippen LogP contribution in [0.2, 0.25) is 0 Å². The summed E-state index contributed by atoms with van der Waals surface area (Å²) in [6.45, 7) is 7.22. The van der Waals surface area contributed by atoms with Crippen LogP contribution in [0.4, 0.5) is 9.59 Å². The van der Waals surface area contributed by atoms with Crippen molar-refractivity contribution in [3.63, 3.8) is 0 Å². The Bertz CT molecular complexity index is 375. The molecule has 104 valence electrons. The zero-order valence-electron chi connectivity index (χ0n) is 11.3. The fourth-order valence-electron chi connectivity index (χ4n) is 1.72. The Labute approximate surface area is 108 Å². The SMILES string of the molecule is CC(C)(C)OC(=O)N[C@@H]1C=C[PH](C)(C(=O)O)CC1. The third-order valence-electron chi connectivity index (χ3n) is 2.86. The number of carbonyl (C=O) groups excluding carboxylic acids is 1. The van der Waals surface area contributed by atoms with E-state index in [1.165, 1.54) is 0 Å². The van der Waals surface area contributed by atoms with Crippen molar-refractivity contribution < 1.29 is 19.4 Å². The summed E-state index contributed by atoms with van der Waals surface area (Å²) in [5.41, 5.74) is -1.22. The van der Waals surface area contributed by atoms with Crippen LogP contribution >= 0.6 is 7.26 Å². The van der Waals surface area contributed by atoms with Crippen LogP contribution < -0.4 is 5.32 Å². The van der Waals surface area contributed by atoms with Crippen LogP contribution in [0, 0.1) is 0 Å². The summed E-state index contributed by atoms with van der Waals surface area (Å²) in [7, 11) is -2.31. The van der Waals surface area contributed by atoms with Gasteiger partial charge in [-0.25, -0.2) is 0 Å². The molecule has 0 aliphatic carbocycles. The van der Waals surface area contributed by atoms with Crippen LogP contribution in [-0.2, 0) is 4.74 Å². The van der Waals surface area contributed by atoms with E-state index in [0.29, 0.717) is 12.6 Å². The molecule has 0 saturated carbocycles. The van der Waals surface area contributed by atoms with Crippen molar-refractivity contribution in [1.29, 1.82) is 0 Å². The third-order valence-corrected chi connectivity index (χ3v) is 6.09. The second-order valence-corrected chi connectivity index (χ2v) is 9.97. The summed E-state index contributed by atoms with van der Waals surface area (Å²) in [4.78, 5) is 22.6. The molecule has 0 radical (unpaired) electrons. The second kappa shape index (κ2) is 5.27. The first-order chi connectivity index (χ1) is 8.12. The summed E-state index contributed by atoms with van der Waals surface area (Å²) < 4.78 is 5.15. The standard InChI is InChI=1S/C12H22NO4P/c1-12(2,3)17-10(14)13-9-5-7-18(4,8-6-9)11(15)16/h5,7,9,18H,6,8H2,1-4H3,(H,13,14)(H,15,16)/t9-/m1/s1. The number of carboxylic acid groups (broad SMARTS) is 1. The van der Waals surface area contributed by atoms with Crippen molar-refractivity contribution >= 4 is 19.1 Å². The van der Waals surface area contributed by atoms with Gasteiger partial charge in [0.2, 0.25) is 0 Å². The van der Waals surface area contributed by atoms with E-state index in [-0.39, 0.29) is 6.04 Å². The van der Waals surface area contributed by atoms with Crippen molar-refractivity contribution in [3.8, 4) is 0 Å². The van der Waals surface area contributed by atoms with Gasteiger partial charge in [0.1, 0.15) is 0 Å². The Kier molecular flexibility index (Phi) is 4.38. The second-order valence-electron chi connectivity index (χ2n) is 5.87. The topological polar surface area (TPSA) is 75.6 Å². The van der Waals surface area contributed by atoms with Crippen LogP contribution in [-0.4, -0.2) is 41.4 Å². The van der Waals surface area contributed by atoms with E-state index in [0.717, 1.165) is 0 Å². The fraction of sp³-hybridized carbons (Fsp3) is 0.667. The van der Waals surface area contributed by atoms with Gasteiger partial charge in [0.15, 0.2) is 0 Å². The average molecular weight is 275 g/mol. The predicted octanol–water partition coefficient (Wildman–Crippen LogP) is 2.85. The number of alkyl carbamates (subject to hydrolysis) is 1. The molecule has 0 aromatic rings. The maximum atomic E-state index is 11.5. The molecule has 0 spiro atoms. The van der Waals surface area contributed by atoms with E-state index in [1.54, 1.807) is 32.7 Å². The molecule has 1 aliphatic rings. The monoisotopic (exact) mass is 275 g/mol. The molecule has 1 heterocycles. The van der Waals surface area contributed by atoms with Gasteiger partial charge in [-0.15, -0.1) is 0 Å². The fourth-order valence-corrected chi connectivity index (χ4v) is 3.81. The minimum absolute atomic E-state index is 0.125. The number of hydrogen-bond acceptors (Lipinski definition) is 3. The van der Waals surface area contributed by atoms with Gasteiger partial charge in [0.25, 0.3) is 0 Å². The Morgan fingerprint density at radius 3 is 2.44 bits per heavy atom. The Morgan fingerprint density at radius 2 is 2.06 bits per heavy atom. The molecule has 2 N–H and O–H groups in total. The van der Waals surface area contributed by atoms with Gasteiger partial charge >= 0.3 is 107 Å². The van der Waals surface area contributed by atoms with E-state index in [9.17, 15) is 9.59 Å². The number of ether oxygens (including phenoxy) is 1. The Morgan fingerprint density at radius 1 is 1.44 bits per heavy atom. The molecule has 0 aromatic carbocycles. The molecular weight excluding hydrogens is 253 g/mol. The van der Waals surface area contributed by atoms with E-state index in [2.05, 4.69) is 5.32 Å². The first-order valence-electron chi connectivity index (χ1n) is 6.05. The van der Waals surface area contributed by atoms with E-state index < -0.39 is 24.7 Å². The molecule has 0 bridgehead atoms. The van der Waals surface area contributed by atoms with Crippen LogP contribution in [0.3, 0.4) is 0 Å². The zero-order chi connectivity index (χ0) is 14.0. The molecule has 0 unspecified atom stereocenters. The summed E-state index contributed by atoms with van der Waals surface area (Å²) in [6, 6.07) is -0.125. The quantitative estimate of drug-likeness (QED) is 0.760. The molecule has 18 heavy (non-hydrogen) atoms. The van der Waals surface area contributed by atoms with Crippen LogP contribution in [0.1, 0.15) is 27.2 Å². The molecule has 1 rings (SSSR count). The number of amides is 1. The summed E-state index contributed by atoms with van der Waals surface area (Å²) in [6.07, 6.45) is 2.62. The first-order valence-corrected chi connectivity index (χ1v) is 8.83. The van der Waals surface area contributed by atoms with Crippen LogP contribution in [0.25, 0.3) is 0 Å². The Balaban J connectivity index is 2.53. The molecule has 0 saturated heterocycles. The van der Waals surface area contributed by atoms with Crippen molar-refractivity contribution in [2.75, 3.05) is 12.8 Å². The molecule has 0 fully saturated rings. The molecule has 5 nitrogen and oxygen atoms in total. The van der Waals surface area contributed by atoms with Gasteiger partial charge in [-0.05, 0) is 0 Å². The zero-order valence-corrected chi connectivity index (χ0v) is 12.3. The number of nitrogens with one attached hydrogen (secondary N) is 1. The van der Waals surface area contributed by atoms with Gasteiger partial charge in [0.05, 0.1) is 0 Å². The molecule has 6 heteroatoms. The van der Waals surface area contributed by atoms with Gasteiger partial charge in [-0.1, -0.05) is 0 Å². The molecule has 0 aromatic heterocycles. The van der Waals surface area contributed by atoms with Crippen molar-refractivity contribution in [3.05, 3.63) is 11.9 Å². The number of carbonyl (C=O) groups is 2. The summed E-state index contributed by atoms with van der Waals surface area (Å²) in [5, 5.41) is 11.9. The molecule has 1 atom stereocenters. The predicted molar refractivity (Wildman–Crippen MR) is 74.0 cm³/mol. The van der Waals surface area contributed by atoms with E-state index >= 15 is 0 Å². The molecule has 1 aliphatic heterocycles. The van der Waals surface area contributed by atoms with Gasteiger partial charge in [-0.3, -0.25) is 0 Å². The minimum atomic E-state index is -2.31. The third kappa shape index (κ3) is 4.30.